The zero-order valence-electron chi connectivity index (χ0n) is 9.23. The Hall–Kier alpha value is -1.46. The Balaban J connectivity index is 2.44. The number of carbonyl (C=O) groups is 1. The Morgan fingerprint density at radius 3 is 2.94 bits per heavy atom. The summed E-state index contributed by atoms with van der Waals surface area (Å²) in [5.74, 6) is -0.468. The number of aryl methyl sites for hydroxylation is 1. The van der Waals surface area contributed by atoms with E-state index in [1.54, 1.807) is 6.20 Å². The highest BCUT2D eigenvalue weighted by Crippen LogP contribution is 2.31. The van der Waals surface area contributed by atoms with Gasteiger partial charge in [-0.1, -0.05) is 11.6 Å². The summed E-state index contributed by atoms with van der Waals surface area (Å²) in [6.07, 6.45) is 1.69. The van der Waals surface area contributed by atoms with Gasteiger partial charge in [-0.25, -0.2) is 9.78 Å². The number of pyridine rings is 1. The van der Waals surface area contributed by atoms with Gasteiger partial charge < -0.3 is 4.74 Å². The summed E-state index contributed by atoms with van der Waals surface area (Å²) in [6.45, 7) is 1.89. The Labute approximate surface area is 107 Å². The first-order valence-corrected chi connectivity index (χ1v) is 5.99. The van der Waals surface area contributed by atoms with Crippen LogP contribution in [0.4, 0.5) is 0 Å². The first-order valence-electron chi connectivity index (χ1n) is 4.79. The summed E-state index contributed by atoms with van der Waals surface area (Å²) in [5, 5.41) is 0.854. The molecular formula is C11H9ClN2O2S. The average molecular weight is 269 g/mol. The van der Waals surface area contributed by atoms with Gasteiger partial charge in [0.25, 0.3) is 0 Å². The number of esters is 1. The van der Waals surface area contributed by atoms with E-state index in [-0.39, 0.29) is 5.15 Å². The van der Waals surface area contributed by atoms with Gasteiger partial charge in [-0.3, -0.25) is 4.98 Å². The molecule has 0 N–H and O–H groups in total. The summed E-state index contributed by atoms with van der Waals surface area (Å²) in [6, 6.07) is 3.71. The van der Waals surface area contributed by atoms with Crippen molar-refractivity contribution in [3.05, 3.63) is 34.1 Å². The molecule has 2 aromatic heterocycles. The molecule has 0 aliphatic heterocycles. The van der Waals surface area contributed by atoms with E-state index in [0.29, 0.717) is 9.88 Å². The normalized spacial score (nSPS) is 10.3. The van der Waals surface area contributed by atoms with E-state index < -0.39 is 5.97 Å². The minimum absolute atomic E-state index is 0.173. The van der Waals surface area contributed by atoms with E-state index in [9.17, 15) is 4.79 Å². The Bertz CT molecular complexity index is 568. The predicted octanol–water partition coefficient (Wildman–Crippen LogP) is 2.95. The molecule has 4 nitrogen and oxygen atoms in total. The van der Waals surface area contributed by atoms with Gasteiger partial charge in [0.2, 0.25) is 0 Å². The lowest BCUT2D eigenvalue weighted by Gasteiger charge is -1.96. The van der Waals surface area contributed by atoms with E-state index in [1.165, 1.54) is 18.4 Å². The summed E-state index contributed by atoms with van der Waals surface area (Å²) in [5.41, 5.74) is 1.77. The van der Waals surface area contributed by atoms with E-state index in [2.05, 4.69) is 14.7 Å². The van der Waals surface area contributed by atoms with Gasteiger partial charge in [-0.05, 0) is 19.1 Å². The maximum atomic E-state index is 11.4. The van der Waals surface area contributed by atoms with Crippen LogP contribution in [0.5, 0.6) is 0 Å². The highest BCUT2D eigenvalue weighted by molar-refractivity contribution is 7.17. The predicted molar refractivity (Wildman–Crippen MR) is 66.4 cm³/mol. The van der Waals surface area contributed by atoms with Crippen LogP contribution in [-0.4, -0.2) is 23.0 Å². The SMILES string of the molecule is COC(=O)c1sc(-c2ccnc(C)c2)nc1Cl. The van der Waals surface area contributed by atoms with Crippen LogP contribution in [0.1, 0.15) is 15.4 Å². The largest absolute Gasteiger partial charge is 0.465 e. The third-order valence-corrected chi connectivity index (χ3v) is 3.57. The number of ether oxygens (including phenoxy) is 1. The summed E-state index contributed by atoms with van der Waals surface area (Å²) < 4.78 is 4.62. The van der Waals surface area contributed by atoms with Crippen molar-refractivity contribution in [2.45, 2.75) is 6.92 Å². The van der Waals surface area contributed by atoms with Crippen LogP contribution in [0.2, 0.25) is 5.15 Å². The number of nitrogens with zero attached hydrogens (tertiary/aromatic N) is 2. The molecule has 6 heteroatoms. The Morgan fingerprint density at radius 1 is 1.53 bits per heavy atom. The van der Waals surface area contributed by atoms with Crippen LogP contribution in [0.3, 0.4) is 0 Å². The number of methoxy groups -OCH3 is 1. The molecule has 0 saturated carbocycles. The standard InChI is InChI=1S/C11H9ClN2O2S/c1-6-5-7(3-4-13-6)10-14-9(12)8(17-10)11(15)16-2/h3-5H,1-2H3. The lowest BCUT2D eigenvalue weighted by atomic mass is 10.2. The number of hydrogen-bond donors (Lipinski definition) is 0. The molecule has 2 rings (SSSR count). The molecule has 0 radical (unpaired) electrons. The van der Waals surface area contributed by atoms with Crippen LogP contribution < -0.4 is 0 Å². The zero-order chi connectivity index (χ0) is 12.4. The molecule has 0 aliphatic rings. The van der Waals surface area contributed by atoms with Crippen LogP contribution in [0.25, 0.3) is 10.6 Å². The van der Waals surface area contributed by atoms with Crippen LogP contribution in [-0.2, 0) is 4.74 Å². The fourth-order valence-electron chi connectivity index (χ4n) is 1.32. The molecule has 0 unspecified atom stereocenters. The molecule has 0 bridgehead atoms. The van der Waals surface area contributed by atoms with Crippen LogP contribution in [0.15, 0.2) is 18.3 Å². The second-order valence-electron chi connectivity index (χ2n) is 3.32. The van der Waals surface area contributed by atoms with E-state index in [4.69, 9.17) is 11.6 Å². The lowest BCUT2D eigenvalue weighted by molar-refractivity contribution is 0.0606. The van der Waals surface area contributed by atoms with Crippen molar-refractivity contribution in [1.82, 2.24) is 9.97 Å². The summed E-state index contributed by atoms with van der Waals surface area (Å²) in [7, 11) is 1.31. The van der Waals surface area contributed by atoms with Gasteiger partial charge in [0.05, 0.1) is 7.11 Å². The van der Waals surface area contributed by atoms with Gasteiger partial charge in [0.1, 0.15) is 5.01 Å². The molecule has 0 aliphatic carbocycles. The molecule has 2 aromatic rings. The van der Waals surface area contributed by atoms with Gasteiger partial charge >= 0.3 is 5.97 Å². The first-order chi connectivity index (χ1) is 8.11. The summed E-state index contributed by atoms with van der Waals surface area (Å²) >= 11 is 7.10. The maximum absolute atomic E-state index is 11.4. The second-order valence-corrected chi connectivity index (χ2v) is 4.67. The monoisotopic (exact) mass is 268 g/mol. The highest BCUT2D eigenvalue weighted by Gasteiger charge is 2.18. The first kappa shape index (κ1) is 12.0. The third kappa shape index (κ3) is 2.45. The molecule has 0 atom stereocenters. The van der Waals surface area contributed by atoms with E-state index in [1.807, 2.05) is 19.1 Å². The second kappa shape index (κ2) is 4.81. The van der Waals surface area contributed by atoms with Crippen LogP contribution >= 0.6 is 22.9 Å². The van der Waals surface area contributed by atoms with Crippen molar-refractivity contribution in [1.29, 1.82) is 0 Å². The zero-order valence-corrected chi connectivity index (χ0v) is 10.8. The molecule has 0 spiro atoms. The minimum atomic E-state index is -0.468. The number of hydrogen-bond acceptors (Lipinski definition) is 5. The average Bonchev–Trinajstić information content (AvgIpc) is 2.70. The van der Waals surface area contributed by atoms with Gasteiger partial charge in [-0.2, -0.15) is 0 Å². The fourth-order valence-corrected chi connectivity index (χ4v) is 2.52. The quantitative estimate of drug-likeness (QED) is 0.786. The Morgan fingerprint density at radius 2 is 2.29 bits per heavy atom. The van der Waals surface area contributed by atoms with Crippen molar-refractivity contribution < 1.29 is 9.53 Å². The Kier molecular flexibility index (Phi) is 3.40. The van der Waals surface area contributed by atoms with Gasteiger partial charge in [0.15, 0.2) is 10.0 Å². The number of thiazole rings is 1. The lowest BCUT2D eigenvalue weighted by Crippen LogP contribution is -1.98. The number of carbonyl (C=O) groups excluding carboxylic acids is 1. The number of aromatic nitrogens is 2. The minimum Gasteiger partial charge on any atom is -0.465 e. The van der Waals surface area contributed by atoms with Gasteiger partial charge in [0, 0.05) is 17.5 Å². The number of halogens is 1. The summed E-state index contributed by atoms with van der Waals surface area (Å²) in [4.78, 5) is 20.0. The van der Waals surface area contributed by atoms with Gasteiger partial charge in [-0.15, -0.1) is 11.3 Å². The fraction of sp³-hybridized carbons (Fsp3) is 0.182. The molecule has 0 fully saturated rings. The molecule has 2 heterocycles. The highest BCUT2D eigenvalue weighted by atomic mass is 35.5. The molecular weight excluding hydrogens is 260 g/mol. The van der Waals surface area contributed by atoms with Crippen LogP contribution in [0, 0.1) is 6.92 Å². The van der Waals surface area contributed by atoms with Crippen molar-refractivity contribution in [2.24, 2.45) is 0 Å². The molecule has 0 amide bonds. The van der Waals surface area contributed by atoms with Crippen molar-refractivity contribution in [3.63, 3.8) is 0 Å². The van der Waals surface area contributed by atoms with Crippen molar-refractivity contribution in [3.8, 4) is 10.6 Å². The molecule has 17 heavy (non-hydrogen) atoms. The van der Waals surface area contributed by atoms with Crippen molar-refractivity contribution >= 4 is 28.9 Å². The van der Waals surface area contributed by atoms with Crippen molar-refractivity contribution in [2.75, 3.05) is 7.11 Å². The smallest absolute Gasteiger partial charge is 0.351 e. The molecule has 0 aromatic carbocycles. The third-order valence-electron chi connectivity index (χ3n) is 2.10. The maximum Gasteiger partial charge on any atom is 0.351 e. The number of rotatable bonds is 2. The topological polar surface area (TPSA) is 52.1 Å². The molecule has 88 valence electrons. The van der Waals surface area contributed by atoms with E-state index in [0.717, 1.165) is 11.3 Å². The van der Waals surface area contributed by atoms with E-state index >= 15 is 0 Å². The molecule has 0 saturated heterocycles.